The normalized spacial score (nSPS) is 15.3. The highest BCUT2D eigenvalue weighted by molar-refractivity contribution is 4.82. The molecule has 0 spiro atoms. The van der Waals surface area contributed by atoms with Gasteiger partial charge in [0.2, 0.25) is 0 Å². The van der Waals surface area contributed by atoms with Crippen LogP contribution in [0.15, 0.2) is 0 Å². The molecule has 0 saturated carbocycles. The fourth-order valence-corrected chi connectivity index (χ4v) is 6.34. The zero-order chi connectivity index (χ0) is 28.1. The first-order valence-corrected chi connectivity index (χ1v) is 18.5. The van der Waals surface area contributed by atoms with Crippen LogP contribution in [-0.4, -0.2) is 23.4 Å². The van der Waals surface area contributed by atoms with E-state index in [1.165, 1.54) is 180 Å². The van der Waals surface area contributed by atoms with Gasteiger partial charge >= 0.3 is 0 Å². The summed E-state index contributed by atoms with van der Waals surface area (Å²) in [5, 5.41) is 11.4. The summed E-state index contributed by atoms with van der Waals surface area (Å²) >= 11 is 0. The van der Waals surface area contributed by atoms with E-state index in [1.807, 2.05) is 0 Å². The Labute approximate surface area is 247 Å². The van der Waals surface area contributed by atoms with Crippen molar-refractivity contribution in [2.75, 3.05) is 6.61 Å². The van der Waals surface area contributed by atoms with Crippen molar-refractivity contribution in [1.82, 2.24) is 0 Å². The minimum atomic E-state index is -0.430. The van der Waals surface area contributed by atoms with E-state index in [0.717, 1.165) is 32.3 Å². The van der Waals surface area contributed by atoms with Crippen LogP contribution in [0.1, 0.15) is 219 Å². The third-order valence-electron chi connectivity index (χ3n) is 9.33. The van der Waals surface area contributed by atoms with E-state index >= 15 is 0 Å². The van der Waals surface area contributed by atoms with Crippen molar-refractivity contribution in [3.8, 4) is 0 Å². The molecule has 0 aromatic carbocycles. The summed E-state index contributed by atoms with van der Waals surface area (Å²) < 4.78 is 5.45. The lowest BCUT2D eigenvalue weighted by atomic mass is 9.85. The molecule has 1 aliphatic rings. The first kappa shape index (κ1) is 36.9. The summed E-state index contributed by atoms with van der Waals surface area (Å²) in [6.07, 6.45) is 43.6. The molecule has 1 fully saturated rings. The van der Waals surface area contributed by atoms with E-state index in [1.54, 1.807) is 0 Å². The van der Waals surface area contributed by atoms with Gasteiger partial charge in [-0.25, -0.2) is 0 Å². The van der Waals surface area contributed by atoms with E-state index in [9.17, 15) is 5.11 Å². The highest BCUT2D eigenvalue weighted by Crippen LogP contribution is 2.31. The molecule has 0 bridgehead atoms. The topological polar surface area (TPSA) is 32.8 Å². The van der Waals surface area contributed by atoms with Gasteiger partial charge in [-0.2, -0.15) is 0 Å². The standard InChI is InChI=1S/C37H74O2/c1-3-5-7-9-11-13-15-17-19-21-23-25-27-29-32-37(38,34-31-36-35-39-36)33-30-28-26-24-22-20-18-16-14-12-10-8-6-4-2/h36,38H,3-35H2,1-2H3. The second-order valence-electron chi connectivity index (χ2n) is 13.4. The molecule has 1 heterocycles. The van der Waals surface area contributed by atoms with E-state index in [0.29, 0.717) is 6.10 Å². The summed E-state index contributed by atoms with van der Waals surface area (Å²) in [6.45, 7) is 5.52. The minimum absolute atomic E-state index is 0.430. The van der Waals surface area contributed by atoms with Crippen LogP contribution in [0.3, 0.4) is 0 Å². The van der Waals surface area contributed by atoms with Crippen molar-refractivity contribution in [3.05, 3.63) is 0 Å². The lowest BCUT2D eigenvalue weighted by Gasteiger charge is -2.28. The Morgan fingerprint density at radius 3 is 0.949 bits per heavy atom. The van der Waals surface area contributed by atoms with Crippen LogP contribution in [0, 0.1) is 0 Å². The zero-order valence-electron chi connectivity index (χ0n) is 27.3. The Bertz CT molecular complexity index is 440. The van der Waals surface area contributed by atoms with Crippen LogP contribution in [0.4, 0.5) is 0 Å². The van der Waals surface area contributed by atoms with Gasteiger partial charge in [0.15, 0.2) is 0 Å². The molecule has 39 heavy (non-hydrogen) atoms. The molecule has 1 aliphatic heterocycles. The number of rotatable bonds is 33. The molecule has 0 aromatic heterocycles. The Balaban J connectivity index is 1.96. The van der Waals surface area contributed by atoms with Gasteiger partial charge in [0.1, 0.15) is 0 Å². The summed E-state index contributed by atoms with van der Waals surface area (Å²) in [5.41, 5.74) is -0.430. The quantitative estimate of drug-likeness (QED) is 0.0651. The van der Waals surface area contributed by atoms with Crippen molar-refractivity contribution in [1.29, 1.82) is 0 Å². The van der Waals surface area contributed by atoms with Crippen LogP contribution in [0.25, 0.3) is 0 Å². The number of epoxide rings is 1. The lowest BCUT2D eigenvalue weighted by molar-refractivity contribution is 0.00595. The fraction of sp³-hybridized carbons (Fsp3) is 1.00. The maximum absolute atomic E-state index is 11.4. The Morgan fingerprint density at radius 1 is 0.436 bits per heavy atom. The summed E-state index contributed by atoms with van der Waals surface area (Å²) in [6, 6.07) is 0. The minimum Gasteiger partial charge on any atom is -0.390 e. The van der Waals surface area contributed by atoms with E-state index in [4.69, 9.17) is 4.74 Å². The zero-order valence-corrected chi connectivity index (χ0v) is 27.3. The van der Waals surface area contributed by atoms with Crippen LogP contribution < -0.4 is 0 Å². The maximum atomic E-state index is 11.4. The van der Waals surface area contributed by atoms with Gasteiger partial charge in [-0.1, -0.05) is 194 Å². The highest BCUT2D eigenvalue weighted by Gasteiger charge is 2.30. The first-order valence-electron chi connectivity index (χ1n) is 18.5. The summed E-state index contributed by atoms with van der Waals surface area (Å²) in [7, 11) is 0. The smallest absolute Gasteiger partial charge is 0.0811 e. The van der Waals surface area contributed by atoms with Gasteiger partial charge < -0.3 is 9.84 Å². The molecule has 1 rings (SSSR count). The van der Waals surface area contributed by atoms with Gasteiger partial charge in [-0.05, 0) is 25.7 Å². The number of ether oxygens (including phenoxy) is 1. The van der Waals surface area contributed by atoms with Crippen LogP contribution in [-0.2, 0) is 4.74 Å². The Morgan fingerprint density at radius 2 is 0.692 bits per heavy atom. The summed E-state index contributed by atoms with van der Waals surface area (Å²) in [4.78, 5) is 0. The van der Waals surface area contributed by atoms with Crippen LogP contribution in [0.2, 0.25) is 0 Å². The third-order valence-corrected chi connectivity index (χ3v) is 9.33. The molecule has 234 valence electrons. The number of hydrogen-bond acceptors (Lipinski definition) is 2. The molecular weight excluding hydrogens is 476 g/mol. The Hall–Kier alpha value is -0.0800. The Kier molecular flexibility index (Phi) is 26.6. The van der Waals surface area contributed by atoms with Crippen molar-refractivity contribution in [2.24, 2.45) is 0 Å². The highest BCUT2D eigenvalue weighted by atomic mass is 16.6. The van der Waals surface area contributed by atoms with Gasteiger partial charge in [0.05, 0.1) is 18.3 Å². The summed E-state index contributed by atoms with van der Waals surface area (Å²) in [5.74, 6) is 0. The second-order valence-corrected chi connectivity index (χ2v) is 13.4. The van der Waals surface area contributed by atoms with E-state index in [-0.39, 0.29) is 0 Å². The van der Waals surface area contributed by atoms with Crippen LogP contribution in [0.5, 0.6) is 0 Å². The average molecular weight is 551 g/mol. The van der Waals surface area contributed by atoms with Gasteiger partial charge in [0.25, 0.3) is 0 Å². The third kappa shape index (κ3) is 26.6. The van der Waals surface area contributed by atoms with Crippen molar-refractivity contribution in [3.63, 3.8) is 0 Å². The monoisotopic (exact) mass is 551 g/mol. The van der Waals surface area contributed by atoms with Gasteiger partial charge in [-0.15, -0.1) is 0 Å². The molecule has 1 atom stereocenters. The second kappa shape index (κ2) is 28.1. The first-order chi connectivity index (χ1) is 19.2. The van der Waals surface area contributed by atoms with E-state index in [2.05, 4.69) is 13.8 Å². The lowest BCUT2D eigenvalue weighted by Crippen LogP contribution is -2.29. The molecule has 0 amide bonds. The molecule has 2 heteroatoms. The van der Waals surface area contributed by atoms with Crippen molar-refractivity contribution in [2.45, 2.75) is 231 Å². The van der Waals surface area contributed by atoms with Crippen molar-refractivity contribution < 1.29 is 9.84 Å². The molecule has 0 aromatic rings. The number of aliphatic hydroxyl groups is 1. The van der Waals surface area contributed by atoms with Crippen molar-refractivity contribution >= 4 is 0 Å². The molecular formula is C37H74O2. The molecule has 0 aliphatic carbocycles. The maximum Gasteiger partial charge on any atom is 0.0811 e. The van der Waals surface area contributed by atoms with E-state index < -0.39 is 5.60 Å². The fourth-order valence-electron chi connectivity index (χ4n) is 6.34. The largest absolute Gasteiger partial charge is 0.390 e. The molecule has 0 radical (unpaired) electrons. The van der Waals surface area contributed by atoms with Crippen LogP contribution >= 0.6 is 0 Å². The predicted molar refractivity (Wildman–Crippen MR) is 174 cm³/mol. The number of hydrogen-bond donors (Lipinski definition) is 1. The average Bonchev–Trinajstić information content (AvgIpc) is 3.77. The van der Waals surface area contributed by atoms with Gasteiger partial charge in [-0.3, -0.25) is 0 Å². The van der Waals surface area contributed by atoms with Gasteiger partial charge in [0, 0.05) is 0 Å². The number of unbranched alkanes of at least 4 members (excludes halogenated alkanes) is 26. The SMILES string of the molecule is CCCCCCCCCCCCCCCCC(O)(CCCCCCCCCCCCCCCC)CCC1CO1. The molecule has 2 nitrogen and oxygen atoms in total. The predicted octanol–water partition coefficient (Wildman–Crippen LogP) is 12.6. The molecule has 1 saturated heterocycles. The molecule has 1 unspecified atom stereocenters. The molecule has 1 N–H and O–H groups in total.